The highest BCUT2D eigenvalue weighted by Gasteiger charge is 2.23. The Kier molecular flexibility index (Phi) is 3.37. The van der Waals surface area contributed by atoms with E-state index in [0.29, 0.717) is 19.5 Å². The predicted molar refractivity (Wildman–Crippen MR) is 76.6 cm³/mol. The molecule has 0 aliphatic carbocycles. The van der Waals surface area contributed by atoms with Crippen LogP contribution in [-0.4, -0.2) is 17.0 Å². The molecule has 20 heavy (non-hydrogen) atoms. The number of nitrogens with one attached hydrogen (secondary N) is 1. The van der Waals surface area contributed by atoms with Gasteiger partial charge in [-0.3, -0.25) is 9.59 Å². The number of rotatable bonds is 3. The number of hydrogen-bond donors (Lipinski definition) is 1. The van der Waals surface area contributed by atoms with E-state index in [1.54, 1.807) is 10.6 Å². The third-order valence-electron chi connectivity index (χ3n) is 3.65. The van der Waals surface area contributed by atoms with E-state index >= 15 is 0 Å². The lowest BCUT2D eigenvalue weighted by Gasteiger charge is -2.11. The van der Waals surface area contributed by atoms with Crippen molar-refractivity contribution in [3.63, 3.8) is 0 Å². The molecule has 1 aliphatic rings. The quantitative estimate of drug-likeness (QED) is 0.917. The number of hydrogen-bond acceptors (Lipinski definition) is 2. The predicted octanol–water partition coefficient (Wildman–Crippen LogP) is 1.50. The summed E-state index contributed by atoms with van der Waals surface area (Å²) in [6.45, 7) is 1.21. The first-order valence-electron chi connectivity index (χ1n) is 6.73. The first-order chi connectivity index (χ1) is 9.72. The van der Waals surface area contributed by atoms with Gasteiger partial charge in [-0.05, 0) is 11.1 Å². The van der Waals surface area contributed by atoms with Gasteiger partial charge in [-0.25, -0.2) is 0 Å². The van der Waals surface area contributed by atoms with Crippen molar-refractivity contribution in [2.24, 2.45) is 0 Å². The van der Waals surface area contributed by atoms with Gasteiger partial charge in [0.2, 0.25) is 5.91 Å². The summed E-state index contributed by atoms with van der Waals surface area (Å²) >= 11 is 0. The van der Waals surface area contributed by atoms with Crippen molar-refractivity contribution < 1.29 is 4.79 Å². The SMILES string of the molecule is O=C1CC(c2ccc(=O)n(Cc3ccccc3)c2)CN1. The van der Waals surface area contributed by atoms with Crippen LogP contribution in [0.25, 0.3) is 0 Å². The summed E-state index contributed by atoms with van der Waals surface area (Å²) < 4.78 is 1.70. The Morgan fingerprint density at radius 1 is 1.10 bits per heavy atom. The summed E-state index contributed by atoms with van der Waals surface area (Å²) in [7, 11) is 0. The largest absolute Gasteiger partial charge is 0.355 e. The molecule has 1 aromatic carbocycles. The average molecular weight is 268 g/mol. The van der Waals surface area contributed by atoms with E-state index in [-0.39, 0.29) is 17.4 Å². The lowest BCUT2D eigenvalue weighted by Crippen LogP contribution is -2.20. The highest BCUT2D eigenvalue weighted by atomic mass is 16.2. The molecule has 1 saturated heterocycles. The molecule has 102 valence electrons. The normalized spacial score (nSPS) is 18.0. The average Bonchev–Trinajstić information content (AvgIpc) is 2.89. The van der Waals surface area contributed by atoms with Gasteiger partial charge in [-0.1, -0.05) is 36.4 Å². The van der Waals surface area contributed by atoms with Crippen molar-refractivity contribution in [3.8, 4) is 0 Å². The fraction of sp³-hybridized carbons (Fsp3) is 0.250. The van der Waals surface area contributed by atoms with Crippen LogP contribution >= 0.6 is 0 Å². The minimum Gasteiger partial charge on any atom is -0.355 e. The van der Waals surface area contributed by atoms with E-state index in [2.05, 4.69) is 5.32 Å². The van der Waals surface area contributed by atoms with Crippen molar-refractivity contribution in [2.45, 2.75) is 18.9 Å². The molecule has 0 saturated carbocycles. The number of carbonyl (C=O) groups is 1. The van der Waals surface area contributed by atoms with Crippen LogP contribution < -0.4 is 10.9 Å². The Morgan fingerprint density at radius 3 is 2.60 bits per heavy atom. The Labute approximate surface area is 117 Å². The van der Waals surface area contributed by atoms with Gasteiger partial charge in [0.25, 0.3) is 5.56 Å². The second kappa shape index (κ2) is 5.33. The van der Waals surface area contributed by atoms with Crippen LogP contribution in [0, 0.1) is 0 Å². The van der Waals surface area contributed by atoms with Crippen LogP contribution in [0.1, 0.15) is 23.5 Å². The van der Waals surface area contributed by atoms with Crippen molar-refractivity contribution in [1.82, 2.24) is 9.88 Å². The second-order valence-electron chi connectivity index (χ2n) is 5.12. The molecule has 0 radical (unpaired) electrons. The standard InChI is InChI=1S/C16H16N2O2/c19-15-8-14(9-17-15)13-6-7-16(20)18(11-13)10-12-4-2-1-3-5-12/h1-7,11,14H,8-10H2,(H,17,19). The number of aromatic nitrogens is 1. The molecule has 1 amide bonds. The Bertz CT molecular complexity index is 676. The molecule has 1 atom stereocenters. The molecule has 1 unspecified atom stereocenters. The summed E-state index contributed by atoms with van der Waals surface area (Å²) in [6.07, 6.45) is 2.38. The van der Waals surface area contributed by atoms with Crippen LogP contribution in [0.15, 0.2) is 53.5 Å². The number of benzene rings is 1. The van der Waals surface area contributed by atoms with Crippen molar-refractivity contribution >= 4 is 5.91 Å². The summed E-state index contributed by atoms with van der Waals surface area (Å²) in [6, 6.07) is 13.3. The van der Waals surface area contributed by atoms with Crippen LogP contribution in [0.5, 0.6) is 0 Å². The van der Waals surface area contributed by atoms with Gasteiger partial charge in [0, 0.05) is 31.1 Å². The van der Waals surface area contributed by atoms with Crippen LogP contribution in [0.4, 0.5) is 0 Å². The van der Waals surface area contributed by atoms with Gasteiger partial charge in [0.1, 0.15) is 0 Å². The minimum absolute atomic E-state index is 0.0186. The molecule has 4 nitrogen and oxygen atoms in total. The molecule has 3 rings (SSSR count). The van der Waals surface area contributed by atoms with Crippen LogP contribution in [-0.2, 0) is 11.3 Å². The summed E-state index contributed by atoms with van der Waals surface area (Å²) in [5.74, 6) is 0.251. The Hall–Kier alpha value is -2.36. The number of pyridine rings is 1. The molecule has 1 N–H and O–H groups in total. The maximum atomic E-state index is 11.9. The van der Waals surface area contributed by atoms with Crippen molar-refractivity contribution in [1.29, 1.82) is 0 Å². The van der Waals surface area contributed by atoms with E-state index in [1.807, 2.05) is 42.6 Å². The van der Waals surface area contributed by atoms with Crippen LogP contribution in [0.2, 0.25) is 0 Å². The molecule has 1 aliphatic heterocycles. The summed E-state index contributed by atoms with van der Waals surface area (Å²) in [5, 5.41) is 2.83. The number of amides is 1. The Morgan fingerprint density at radius 2 is 1.90 bits per heavy atom. The third kappa shape index (κ3) is 2.64. The lowest BCUT2D eigenvalue weighted by molar-refractivity contribution is -0.119. The van der Waals surface area contributed by atoms with Gasteiger partial charge in [0.05, 0.1) is 6.54 Å². The fourth-order valence-electron chi connectivity index (χ4n) is 2.54. The third-order valence-corrected chi connectivity index (χ3v) is 3.65. The second-order valence-corrected chi connectivity index (χ2v) is 5.12. The van der Waals surface area contributed by atoms with Crippen molar-refractivity contribution in [3.05, 3.63) is 70.1 Å². The lowest BCUT2D eigenvalue weighted by atomic mass is 10.00. The zero-order chi connectivity index (χ0) is 13.9. The van der Waals surface area contributed by atoms with Gasteiger partial charge in [0.15, 0.2) is 0 Å². The zero-order valence-corrected chi connectivity index (χ0v) is 11.1. The highest BCUT2D eigenvalue weighted by Crippen LogP contribution is 2.21. The number of carbonyl (C=O) groups excluding carboxylic acids is 1. The molecule has 2 aromatic rings. The van der Waals surface area contributed by atoms with Gasteiger partial charge in [-0.15, -0.1) is 0 Å². The molecular formula is C16H16N2O2. The minimum atomic E-state index is -0.0186. The van der Waals surface area contributed by atoms with E-state index < -0.39 is 0 Å². The molecule has 1 fully saturated rings. The van der Waals surface area contributed by atoms with Crippen LogP contribution in [0.3, 0.4) is 0 Å². The van der Waals surface area contributed by atoms with E-state index in [0.717, 1.165) is 11.1 Å². The fourth-order valence-corrected chi connectivity index (χ4v) is 2.54. The van der Waals surface area contributed by atoms with Gasteiger partial charge in [-0.2, -0.15) is 0 Å². The molecule has 4 heteroatoms. The highest BCUT2D eigenvalue weighted by molar-refractivity contribution is 5.79. The van der Waals surface area contributed by atoms with Crippen molar-refractivity contribution in [2.75, 3.05) is 6.54 Å². The Balaban J connectivity index is 1.87. The first kappa shape index (κ1) is 12.7. The van der Waals surface area contributed by atoms with E-state index in [1.165, 1.54) is 0 Å². The molecule has 0 bridgehead atoms. The zero-order valence-electron chi connectivity index (χ0n) is 11.1. The smallest absolute Gasteiger partial charge is 0.250 e. The van der Waals surface area contributed by atoms with Gasteiger partial charge >= 0.3 is 0 Å². The monoisotopic (exact) mass is 268 g/mol. The molecule has 0 spiro atoms. The maximum Gasteiger partial charge on any atom is 0.250 e. The maximum absolute atomic E-state index is 11.9. The summed E-state index contributed by atoms with van der Waals surface area (Å²) in [4.78, 5) is 23.2. The van der Waals surface area contributed by atoms with Gasteiger partial charge < -0.3 is 9.88 Å². The van der Waals surface area contributed by atoms with E-state index in [9.17, 15) is 9.59 Å². The first-order valence-corrected chi connectivity index (χ1v) is 6.73. The summed E-state index contributed by atoms with van der Waals surface area (Å²) in [5.41, 5.74) is 2.11. The topological polar surface area (TPSA) is 51.1 Å². The molecule has 1 aromatic heterocycles. The molecule has 2 heterocycles. The van der Waals surface area contributed by atoms with E-state index in [4.69, 9.17) is 0 Å². The molecular weight excluding hydrogens is 252 g/mol. The number of nitrogens with zero attached hydrogens (tertiary/aromatic N) is 1.